The average Bonchev–Trinajstić information content (AvgIpc) is 2.97. The number of carboxylic acid groups (broad SMARTS) is 1. The van der Waals surface area contributed by atoms with Gasteiger partial charge in [-0.1, -0.05) is 0 Å². The maximum absolute atomic E-state index is 12.6. The number of aliphatic carboxylic acids is 1. The summed E-state index contributed by atoms with van der Waals surface area (Å²) in [5.41, 5.74) is -4.43. The highest BCUT2D eigenvalue weighted by atomic mass is 16.6. The Morgan fingerprint density at radius 3 is 1.05 bits per heavy atom. The Balaban J connectivity index is 0. The highest BCUT2D eigenvalue weighted by Gasteiger charge is 2.31. The number of hydrogen-bond donors (Lipinski definition) is 6. The van der Waals surface area contributed by atoms with E-state index in [2.05, 4.69) is 21.3 Å². The van der Waals surface area contributed by atoms with Gasteiger partial charge in [0.15, 0.2) is 0 Å². The number of amides is 6. The van der Waals surface area contributed by atoms with E-state index in [-0.39, 0.29) is 32.7 Å². The van der Waals surface area contributed by atoms with Crippen molar-refractivity contribution in [2.75, 3.05) is 45.9 Å². The molecule has 0 aromatic rings. The van der Waals surface area contributed by atoms with Gasteiger partial charge in [0.1, 0.15) is 39.6 Å². The molecule has 0 saturated heterocycles. The largest absolute Gasteiger partial charge is 0.480 e. The highest BCUT2D eigenvalue weighted by Crippen LogP contribution is 2.14. The van der Waals surface area contributed by atoms with Gasteiger partial charge < -0.3 is 69.7 Å². The van der Waals surface area contributed by atoms with Crippen molar-refractivity contribution in [1.82, 2.24) is 31.1 Å². The number of hydrogen-bond acceptors (Lipinski definition) is 14. The fourth-order valence-electron chi connectivity index (χ4n) is 4.13. The van der Waals surface area contributed by atoms with Crippen LogP contribution in [0.25, 0.3) is 0 Å². The van der Waals surface area contributed by atoms with Gasteiger partial charge in [-0.15, -0.1) is 0 Å². The Bertz CT molecular complexity index is 1430. The Kier molecular flexibility index (Phi) is 23.3. The molecule has 0 aliphatic carbocycles. The van der Waals surface area contributed by atoms with Gasteiger partial charge in [-0.05, 0) is 125 Å². The molecule has 21 heteroatoms. The molecule has 356 valence electrons. The van der Waals surface area contributed by atoms with Gasteiger partial charge in [0.2, 0.25) is 0 Å². The van der Waals surface area contributed by atoms with Crippen LogP contribution in [-0.4, -0.2) is 154 Å². The molecule has 2 unspecified atom stereocenters. The molecule has 0 heterocycles. The molecule has 0 bridgehead atoms. The van der Waals surface area contributed by atoms with Gasteiger partial charge in [-0.3, -0.25) is 0 Å². The summed E-state index contributed by atoms with van der Waals surface area (Å²) in [6.07, 6.45) is -4.38. The van der Waals surface area contributed by atoms with Crippen LogP contribution in [0, 0.1) is 0 Å². The molecule has 6 N–H and O–H groups in total. The van der Waals surface area contributed by atoms with Crippen molar-refractivity contribution in [2.24, 2.45) is 0 Å². The summed E-state index contributed by atoms with van der Waals surface area (Å²) in [7, 11) is 0. The second-order valence-electron chi connectivity index (χ2n) is 19.8. The van der Waals surface area contributed by atoms with Crippen LogP contribution in [-0.2, 0) is 33.2 Å². The highest BCUT2D eigenvalue weighted by molar-refractivity contribution is 5.81. The van der Waals surface area contributed by atoms with E-state index in [0.717, 1.165) is 4.90 Å². The summed E-state index contributed by atoms with van der Waals surface area (Å²) in [6.45, 7) is 29.8. The minimum Gasteiger partial charge on any atom is -0.480 e. The SMILES string of the molecule is CC(C)(C)OC(=O)NCCN(CC(CO)NC(=O)OC(C)(C)C)C(=O)OC(C)(C)C.CC(C)(C)OC(=O)NCCN(CC(NC(=O)OC(C)(C)C)C(=O)O)C(=O)OC(C)(C)C. The van der Waals surface area contributed by atoms with Crippen LogP contribution in [0.4, 0.5) is 28.8 Å². The van der Waals surface area contributed by atoms with Crippen LogP contribution in [0.2, 0.25) is 0 Å². The summed E-state index contributed by atoms with van der Waals surface area (Å²) in [6, 6.07) is -2.24. The van der Waals surface area contributed by atoms with Crippen LogP contribution in [0.5, 0.6) is 0 Å². The maximum atomic E-state index is 12.6. The molecule has 61 heavy (non-hydrogen) atoms. The van der Waals surface area contributed by atoms with Gasteiger partial charge in [-0.2, -0.15) is 0 Å². The third-order valence-electron chi connectivity index (χ3n) is 6.18. The van der Waals surface area contributed by atoms with Crippen LogP contribution in [0.3, 0.4) is 0 Å². The number of alkyl carbamates (subject to hydrolysis) is 4. The molecule has 0 radical (unpaired) electrons. The summed E-state index contributed by atoms with van der Waals surface area (Å²) in [5.74, 6) is -1.36. The van der Waals surface area contributed by atoms with Crippen molar-refractivity contribution < 1.29 is 72.2 Å². The topological polar surface area (TPSA) is 270 Å². The van der Waals surface area contributed by atoms with E-state index in [9.17, 15) is 43.8 Å². The summed E-state index contributed by atoms with van der Waals surface area (Å²) >= 11 is 0. The maximum Gasteiger partial charge on any atom is 0.410 e. The third-order valence-corrected chi connectivity index (χ3v) is 6.18. The van der Waals surface area contributed by atoms with Crippen LogP contribution >= 0.6 is 0 Å². The molecule has 6 amide bonds. The molecule has 21 nitrogen and oxygen atoms in total. The number of aliphatic hydroxyl groups is 1. The van der Waals surface area contributed by atoms with Crippen LogP contribution in [0.15, 0.2) is 0 Å². The predicted molar refractivity (Wildman–Crippen MR) is 225 cm³/mol. The van der Waals surface area contributed by atoms with E-state index in [1.165, 1.54) is 4.90 Å². The molecule has 0 saturated carbocycles. The number of carboxylic acids is 1. The lowest BCUT2D eigenvalue weighted by Gasteiger charge is -2.30. The molecular formula is C40H76N6O15. The predicted octanol–water partition coefficient (Wildman–Crippen LogP) is 5.36. The van der Waals surface area contributed by atoms with Gasteiger partial charge in [-0.25, -0.2) is 33.6 Å². The monoisotopic (exact) mass is 881 g/mol. The van der Waals surface area contributed by atoms with Crippen molar-refractivity contribution in [3.63, 3.8) is 0 Å². The van der Waals surface area contributed by atoms with E-state index in [1.807, 2.05) is 0 Å². The Labute approximate surface area is 361 Å². The van der Waals surface area contributed by atoms with Crippen molar-refractivity contribution in [3.8, 4) is 0 Å². The quantitative estimate of drug-likeness (QED) is 0.120. The number of nitrogens with zero attached hydrogens (tertiary/aromatic N) is 2. The second-order valence-corrected chi connectivity index (χ2v) is 19.8. The first-order chi connectivity index (χ1) is 27.2. The smallest absolute Gasteiger partial charge is 0.410 e. The number of carbonyl (C=O) groups excluding carboxylic acids is 6. The molecule has 0 spiro atoms. The molecule has 0 aliphatic heterocycles. The molecule has 0 aromatic heterocycles. The van der Waals surface area contributed by atoms with E-state index < -0.39 is 101 Å². The average molecular weight is 881 g/mol. The zero-order valence-corrected chi connectivity index (χ0v) is 39.7. The van der Waals surface area contributed by atoms with Crippen LogP contribution in [0.1, 0.15) is 125 Å². The lowest BCUT2D eigenvalue weighted by Crippen LogP contribution is -2.53. The Hall–Kier alpha value is -4.95. The zero-order chi connectivity index (χ0) is 48.4. The summed E-state index contributed by atoms with van der Waals surface area (Å²) in [5, 5.41) is 28.9. The first-order valence-electron chi connectivity index (χ1n) is 19.9. The number of nitrogens with one attached hydrogen (secondary N) is 4. The Morgan fingerprint density at radius 1 is 0.459 bits per heavy atom. The summed E-state index contributed by atoms with van der Waals surface area (Å²) in [4.78, 5) is 86.7. The van der Waals surface area contributed by atoms with E-state index in [0.29, 0.717) is 0 Å². The van der Waals surface area contributed by atoms with Gasteiger partial charge in [0, 0.05) is 32.7 Å². The Morgan fingerprint density at radius 2 is 0.754 bits per heavy atom. The molecule has 2 atom stereocenters. The fraction of sp³-hybridized carbons (Fsp3) is 0.825. The number of aliphatic hydroxyl groups excluding tert-OH is 1. The molecule has 0 aromatic carbocycles. The zero-order valence-electron chi connectivity index (χ0n) is 39.7. The van der Waals surface area contributed by atoms with E-state index >= 15 is 0 Å². The first-order valence-corrected chi connectivity index (χ1v) is 19.9. The van der Waals surface area contributed by atoms with Crippen molar-refractivity contribution in [3.05, 3.63) is 0 Å². The van der Waals surface area contributed by atoms with Crippen LogP contribution < -0.4 is 21.3 Å². The van der Waals surface area contributed by atoms with E-state index in [4.69, 9.17) is 28.4 Å². The van der Waals surface area contributed by atoms with E-state index in [1.54, 1.807) is 125 Å². The fourth-order valence-corrected chi connectivity index (χ4v) is 4.13. The van der Waals surface area contributed by atoms with Gasteiger partial charge in [0.25, 0.3) is 0 Å². The van der Waals surface area contributed by atoms with Crippen molar-refractivity contribution >= 4 is 42.5 Å². The molecule has 0 rings (SSSR count). The lowest BCUT2D eigenvalue weighted by molar-refractivity contribution is -0.139. The van der Waals surface area contributed by atoms with Crippen molar-refractivity contribution in [1.29, 1.82) is 0 Å². The van der Waals surface area contributed by atoms with Crippen molar-refractivity contribution in [2.45, 2.75) is 170 Å². The number of carbonyl (C=O) groups is 7. The standard InChI is InChI=1S/C20H37N3O8.C20H39N3O7/c1-18(2,3)29-15(26)21-10-11-23(17(28)31-20(7,8)9)12-13(14(24)25)22-16(27)30-19(4,5)6;1-18(2,3)28-15(25)21-10-11-23(17(27)30-20(7,8)9)12-14(13-24)22-16(26)29-19(4,5)6/h13H,10-12H2,1-9H3,(H,21,26)(H,22,27)(H,24,25);14,24H,10-13H2,1-9H3,(H,21,25)(H,22,26). The first kappa shape index (κ1) is 58.1. The van der Waals surface area contributed by atoms with Gasteiger partial charge >= 0.3 is 42.5 Å². The minimum atomic E-state index is -1.45. The molecular weight excluding hydrogens is 804 g/mol. The minimum absolute atomic E-state index is 0.0209. The summed E-state index contributed by atoms with van der Waals surface area (Å²) < 4.78 is 31.2. The lowest BCUT2D eigenvalue weighted by atomic mass is 10.2. The second kappa shape index (κ2) is 24.5. The molecule has 0 fully saturated rings. The normalized spacial score (nSPS) is 13.0. The van der Waals surface area contributed by atoms with Gasteiger partial charge in [0.05, 0.1) is 19.2 Å². The number of rotatable bonds is 14. The number of ether oxygens (including phenoxy) is 6. The third kappa shape index (κ3) is 34.5. The molecule has 0 aliphatic rings.